The van der Waals surface area contributed by atoms with Crippen LogP contribution in [0.25, 0.3) is 0 Å². The first-order chi connectivity index (χ1) is 11.6. The van der Waals surface area contributed by atoms with E-state index in [0.29, 0.717) is 12.3 Å². The van der Waals surface area contributed by atoms with Gasteiger partial charge in [0.25, 0.3) is 5.91 Å². The second kappa shape index (κ2) is 7.63. The zero-order valence-electron chi connectivity index (χ0n) is 12.9. The third-order valence-electron chi connectivity index (χ3n) is 3.13. The Balaban J connectivity index is 1.53. The first kappa shape index (κ1) is 16.7. The summed E-state index contributed by atoms with van der Waals surface area (Å²) in [5, 5.41) is 5.61. The summed E-state index contributed by atoms with van der Waals surface area (Å²) in [5.41, 5.74) is 0.953. The zero-order valence-corrected chi connectivity index (χ0v) is 15.3. The molecule has 0 saturated heterocycles. The van der Waals surface area contributed by atoms with Crippen LogP contribution in [0.15, 0.2) is 50.7 Å². The molecule has 0 atom stereocenters. The highest BCUT2D eigenvalue weighted by Gasteiger charge is 2.12. The topological polar surface area (TPSA) is 64.4 Å². The van der Waals surface area contributed by atoms with Crippen LogP contribution in [0.2, 0.25) is 0 Å². The minimum atomic E-state index is -0.267. The summed E-state index contributed by atoms with van der Waals surface area (Å²) in [7, 11) is 0. The molecular weight excluding hydrogens is 392 g/mol. The number of aromatic nitrogens is 1. The maximum absolute atomic E-state index is 12.1. The molecule has 24 heavy (non-hydrogen) atoms. The van der Waals surface area contributed by atoms with Crippen molar-refractivity contribution in [3.05, 3.63) is 68.5 Å². The van der Waals surface area contributed by atoms with Crippen LogP contribution in [0.1, 0.15) is 27.0 Å². The van der Waals surface area contributed by atoms with Gasteiger partial charge in [-0.15, -0.1) is 11.3 Å². The minimum absolute atomic E-state index is 0.259. The summed E-state index contributed by atoms with van der Waals surface area (Å²) in [6.45, 7) is 2.57. The summed E-state index contributed by atoms with van der Waals surface area (Å²) in [4.78, 5) is 16.4. The standard InChI is InChI=1S/C17H15BrN2O3S/c1-11-10-24-16(20-11)8-19-17(21)15-6-5-14(23-15)9-22-13-4-2-3-12(18)7-13/h2-7,10H,8-9H2,1H3,(H,19,21). The van der Waals surface area contributed by atoms with Crippen molar-refractivity contribution in [3.63, 3.8) is 0 Å². The van der Waals surface area contributed by atoms with Crippen molar-refractivity contribution >= 4 is 33.2 Å². The molecule has 1 N–H and O–H groups in total. The Bertz CT molecular complexity index is 844. The second-order valence-electron chi connectivity index (χ2n) is 5.08. The van der Waals surface area contributed by atoms with Crippen LogP contribution < -0.4 is 10.1 Å². The lowest BCUT2D eigenvalue weighted by Crippen LogP contribution is -2.22. The number of amides is 1. The molecule has 0 aliphatic heterocycles. The highest BCUT2D eigenvalue weighted by molar-refractivity contribution is 9.10. The van der Waals surface area contributed by atoms with E-state index >= 15 is 0 Å². The largest absolute Gasteiger partial charge is 0.486 e. The van der Waals surface area contributed by atoms with Gasteiger partial charge in [0.05, 0.1) is 6.54 Å². The van der Waals surface area contributed by atoms with Gasteiger partial charge in [0.2, 0.25) is 0 Å². The number of carbonyl (C=O) groups excluding carboxylic acids is 1. The zero-order chi connectivity index (χ0) is 16.9. The summed E-state index contributed by atoms with van der Waals surface area (Å²) in [5.74, 6) is 1.31. The lowest BCUT2D eigenvalue weighted by Gasteiger charge is -2.04. The van der Waals surface area contributed by atoms with Crippen LogP contribution in [-0.4, -0.2) is 10.9 Å². The van der Waals surface area contributed by atoms with Crippen molar-refractivity contribution in [2.24, 2.45) is 0 Å². The van der Waals surface area contributed by atoms with Gasteiger partial charge in [0, 0.05) is 15.5 Å². The van der Waals surface area contributed by atoms with Gasteiger partial charge in [-0.05, 0) is 37.3 Å². The predicted molar refractivity (Wildman–Crippen MR) is 95.2 cm³/mol. The highest BCUT2D eigenvalue weighted by Crippen LogP contribution is 2.19. The van der Waals surface area contributed by atoms with E-state index in [4.69, 9.17) is 9.15 Å². The predicted octanol–water partition coefficient (Wildman–Crippen LogP) is 4.32. The van der Waals surface area contributed by atoms with E-state index < -0.39 is 0 Å². The third-order valence-corrected chi connectivity index (χ3v) is 4.59. The number of hydrogen-bond acceptors (Lipinski definition) is 5. The fraction of sp³-hybridized carbons (Fsp3) is 0.176. The van der Waals surface area contributed by atoms with Crippen LogP contribution in [-0.2, 0) is 13.2 Å². The normalized spacial score (nSPS) is 10.6. The fourth-order valence-electron chi connectivity index (χ4n) is 2.02. The maximum Gasteiger partial charge on any atom is 0.287 e. The van der Waals surface area contributed by atoms with E-state index in [0.717, 1.165) is 20.9 Å². The third kappa shape index (κ3) is 4.46. The Morgan fingerprint density at radius 3 is 3.00 bits per heavy atom. The molecule has 0 aliphatic rings. The Morgan fingerprint density at radius 2 is 2.25 bits per heavy atom. The Morgan fingerprint density at radius 1 is 1.38 bits per heavy atom. The van der Waals surface area contributed by atoms with Gasteiger partial charge in [-0.2, -0.15) is 0 Å². The monoisotopic (exact) mass is 406 g/mol. The molecule has 0 saturated carbocycles. The molecule has 5 nitrogen and oxygen atoms in total. The number of ether oxygens (including phenoxy) is 1. The van der Waals surface area contributed by atoms with Crippen molar-refractivity contribution < 1.29 is 13.9 Å². The van der Waals surface area contributed by atoms with E-state index in [2.05, 4.69) is 26.2 Å². The molecule has 0 spiro atoms. The molecule has 0 unspecified atom stereocenters. The van der Waals surface area contributed by atoms with E-state index in [9.17, 15) is 4.79 Å². The second-order valence-corrected chi connectivity index (χ2v) is 6.94. The summed E-state index contributed by atoms with van der Waals surface area (Å²) < 4.78 is 12.1. The highest BCUT2D eigenvalue weighted by atomic mass is 79.9. The van der Waals surface area contributed by atoms with Crippen molar-refractivity contribution in [2.75, 3.05) is 0 Å². The number of nitrogens with zero attached hydrogens (tertiary/aromatic N) is 1. The van der Waals surface area contributed by atoms with Crippen LogP contribution in [0.5, 0.6) is 5.75 Å². The van der Waals surface area contributed by atoms with Crippen LogP contribution in [0.3, 0.4) is 0 Å². The van der Waals surface area contributed by atoms with E-state index in [1.54, 1.807) is 12.1 Å². The van der Waals surface area contributed by atoms with Gasteiger partial charge in [-0.1, -0.05) is 22.0 Å². The quantitative estimate of drug-likeness (QED) is 0.661. The molecule has 3 rings (SSSR count). The van der Waals surface area contributed by atoms with Crippen LogP contribution >= 0.6 is 27.3 Å². The van der Waals surface area contributed by atoms with Gasteiger partial charge < -0.3 is 14.5 Å². The van der Waals surface area contributed by atoms with E-state index in [1.165, 1.54) is 11.3 Å². The number of carbonyl (C=O) groups is 1. The molecule has 0 radical (unpaired) electrons. The van der Waals surface area contributed by atoms with Gasteiger partial charge >= 0.3 is 0 Å². The van der Waals surface area contributed by atoms with Crippen molar-refractivity contribution in [1.82, 2.24) is 10.3 Å². The molecule has 0 fully saturated rings. The molecule has 7 heteroatoms. The lowest BCUT2D eigenvalue weighted by molar-refractivity contribution is 0.0919. The summed E-state index contributed by atoms with van der Waals surface area (Å²) in [6.07, 6.45) is 0. The first-order valence-electron chi connectivity index (χ1n) is 7.26. The van der Waals surface area contributed by atoms with Gasteiger partial charge in [-0.25, -0.2) is 4.98 Å². The molecule has 0 aliphatic carbocycles. The minimum Gasteiger partial charge on any atom is -0.486 e. The number of thiazole rings is 1. The molecule has 1 aromatic carbocycles. The average Bonchev–Trinajstić information content (AvgIpc) is 3.20. The molecule has 3 aromatic rings. The smallest absolute Gasteiger partial charge is 0.287 e. The molecule has 2 aromatic heterocycles. The molecule has 2 heterocycles. The number of aryl methyl sites for hydroxylation is 1. The number of hydrogen-bond donors (Lipinski definition) is 1. The number of nitrogens with one attached hydrogen (secondary N) is 1. The first-order valence-corrected chi connectivity index (χ1v) is 8.94. The molecule has 0 bridgehead atoms. The Kier molecular flexibility index (Phi) is 5.32. The van der Waals surface area contributed by atoms with Crippen LogP contribution in [0.4, 0.5) is 0 Å². The lowest BCUT2D eigenvalue weighted by atomic mass is 10.3. The molecule has 1 amide bonds. The van der Waals surface area contributed by atoms with Gasteiger partial charge in [-0.3, -0.25) is 4.79 Å². The summed E-state index contributed by atoms with van der Waals surface area (Å²) >= 11 is 4.91. The molecule has 124 valence electrons. The van der Waals surface area contributed by atoms with Gasteiger partial charge in [0.15, 0.2) is 5.76 Å². The SMILES string of the molecule is Cc1csc(CNC(=O)c2ccc(COc3cccc(Br)c3)o2)n1. The molecular formula is C17H15BrN2O3S. The average molecular weight is 407 g/mol. The van der Waals surface area contributed by atoms with Gasteiger partial charge in [0.1, 0.15) is 23.1 Å². The summed E-state index contributed by atoms with van der Waals surface area (Å²) in [6, 6.07) is 10.9. The van der Waals surface area contributed by atoms with E-state index in [1.807, 2.05) is 36.6 Å². The number of halogens is 1. The van der Waals surface area contributed by atoms with Crippen molar-refractivity contribution in [3.8, 4) is 5.75 Å². The fourth-order valence-corrected chi connectivity index (χ4v) is 3.11. The van der Waals surface area contributed by atoms with Crippen molar-refractivity contribution in [1.29, 1.82) is 0 Å². The Labute approximate surface area is 151 Å². The maximum atomic E-state index is 12.1. The van der Waals surface area contributed by atoms with E-state index in [-0.39, 0.29) is 18.3 Å². The number of rotatable bonds is 6. The Hall–Kier alpha value is -2.12. The van der Waals surface area contributed by atoms with Crippen molar-refractivity contribution in [2.45, 2.75) is 20.1 Å². The number of furan rings is 1. The van der Waals surface area contributed by atoms with Crippen LogP contribution in [0, 0.1) is 6.92 Å². The number of benzene rings is 1.